The second kappa shape index (κ2) is 18.4. The van der Waals surface area contributed by atoms with Gasteiger partial charge in [0.05, 0.1) is 34.3 Å². The number of fused-ring (bicyclic) bond motifs is 2. The molecular formula is C57H52FN5O7. The van der Waals surface area contributed by atoms with Crippen molar-refractivity contribution in [3.63, 3.8) is 0 Å². The second-order valence-corrected chi connectivity index (χ2v) is 17.8. The van der Waals surface area contributed by atoms with Crippen molar-refractivity contribution in [1.29, 1.82) is 0 Å². The van der Waals surface area contributed by atoms with Crippen molar-refractivity contribution in [3.05, 3.63) is 210 Å². The van der Waals surface area contributed by atoms with E-state index in [1.54, 1.807) is 46.1 Å². The van der Waals surface area contributed by atoms with Crippen molar-refractivity contribution >= 4 is 17.0 Å². The number of hydrogen-bond donors (Lipinski definition) is 1. The highest BCUT2D eigenvalue weighted by Gasteiger charge is 2.73. The first kappa shape index (κ1) is 46.1. The highest BCUT2D eigenvalue weighted by Crippen LogP contribution is 2.57. The zero-order valence-corrected chi connectivity index (χ0v) is 39.4. The molecule has 4 heterocycles. The zero-order valence-electron chi connectivity index (χ0n) is 39.4. The van der Waals surface area contributed by atoms with Crippen LogP contribution in [0.25, 0.3) is 11.2 Å². The molecule has 0 aliphatic carbocycles. The Balaban J connectivity index is 1.10. The van der Waals surface area contributed by atoms with Gasteiger partial charge in [0.25, 0.3) is 0 Å². The molecule has 0 radical (unpaired) electrons. The van der Waals surface area contributed by atoms with Gasteiger partial charge in [0.2, 0.25) is 5.60 Å². The maximum Gasteiger partial charge on any atom is 0.205 e. The molecule has 8 aromatic rings. The first-order valence-electron chi connectivity index (χ1n) is 22.9. The second-order valence-electron chi connectivity index (χ2n) is 17.8. The Morgan fingerprint density at radius 3 is 1.60 bits per heavy atom. The van der Waals surface area contributed by atoms with Gasteiger partial charge >= 0.3 is 0 Å². The van der Waals surface area contributed by atoms with E-state index in [0.717, 1.165) is 33.4 Å². The quantitative estimate of drug-likeness (QED) is 0.0737. The van der Waals surface area contributed by atoms with Gasteiger partial charge in [-0.15, -0.1) is 6.42 Å². The molecule has 2 fully saturated rings. The molecule has 6 aromatic carbocycles. The van der Waals surface area contributed by atoms with E-state index < -0.39 is 47.1 Å². The van der Waals surface area contributed by atoms with Gasteiger partial charge in [-0.2, -0.15) is 0 Å². The van der Waals surface area contributed by atoms with E-state index in [0.29, 0.717) is 34.2 Å². The number of terminal acetylenes is 1. The molecule has 354 valence electrons. The first-order chi connectivity index (χ1) is 34.1. The van der Waals surface area contributed by atoms with Gasteiger partial charge in [-0.25, -0.2) is 19.3 Å². The molecule has 2 aromatic heterocycles. The van der Waals surface area contributed by atoms with Gasteiger partial charge in [0.15, 0.2) is 34.6 Å². The standard InChI is InChI=1S/C57H52FN5O7/c1-7-55-51(68-53(2,3)70-55)54(35-58,36-67-57(42-21-15-10-16-22-42,43-25-31-46(65-5)32-26-43)44-27-33-47(66-6)34-28-44)69-52(55)63-38-61-48-49(59-37-60-50(48)63)62-56(39-17-11-8-12-18-39,40-19-13-9-14-20-40)41-23-29-45(64-4)30-24-41/h1,8-34,37-38,51-52H,35-36H2,2-6H3,(H,59,60,62)/t51-,52-,54-,55-/m1/s1. The van der Waals surface area contributed by atoms with Crippen LogP contribution in [0.4, 0.5) is 10.2 Å². The largest absolute Gasteiger partial charge is 0.497 e. The van der Waals surface area contributed by atoms with Gasteiger partial charge in [-0.05, 0) is 83.6 Å². The van der Waals surface area contributed by atoms with Crippen LogP contribution in [-0.4, -0.2) is 77.2 Å². The van der Waals surface area contributed by atoms with Gasteiger partial charge in [-0.3, -0.25) is 4.57 Å². The lowest BCUT2D eigenvalue weighted by Crippen LogP contribution is -2.53. The third-order valence-corrected chi connectivity index (χ3v) is 13.4. The highest BCUT2D eigenvalue weighted by molar-refractivity contribution is 5.84. The van der Waals surface area contributed by atoms with Crippen molar-refractivity contribution in [2.24, 2.45) is 0 Å². The van der Waals surface area contributed by atoms with E-state index in [2.05, 4.69) is 35.5 Å². The molecule has 2 saturated heterocycles. The van der Waals surface area contributed by atoms with Crippen molar-refractivity contribution in [2.45, 2.75) is 54.3 Å². The van der Waals surface area contributed by atoms with E-state index in [1.165, 1.54) is 6.33 Å². The summed E-state index contributed by atoms with van der Waals surface area (Å²) in [5.74, 6) is 4.05. The Morgan fingerprint density at radius 2 is 1.11 bits per heavy atom. The van der Waals surface area contributed by atoms with Gasteiger partial charge < -0.3 is 38.5 Å². The summed E-state index contributed by atoms with van der Waals surface area (Å²) in [6.45, 7) is 2.07. The molecule has 10 rings (SSSR count). The van der Waals surface area contributed by atoms with Crippen LogP contribution in [0.3, 0.4) is 0 Å². The summed E-state index contributed by atoms with van der Waals surface area (Å²) in [4.78, 5) is 14.5. The topological polar surface area (TPSA) is 120 Å². The van der Waals surface area contributed by atoms with E-state index in [4.69, 9.17) is 54.5 Å². The molecule has 12 nitrogen and oxygen atoms in total. The number of nitrogens with one attached hydrogen (secondary N) is 1. The van der Waals surface area contributed by atoms with Crippen LogP contribution in [0.5, 0.6) is 17.2 Å². The highest BCUT2D eigenvalue weighted by atomic mass is 19.1. The summed E-state index contributed by atoms with van der Waals surface area (Å²) < 4.78 is 62.9. The molecule has 70 heavy (non-hydrogen) atoms. The van der Waals surface area contributed by atoms with Crippen LogP contribution in [0, 0.1) is 12.3 Å². The summed E-state index contributed by atoms with van der Waals surface area (Å²) in [5.41, 5.74) is -0.0943. The van der Waals surface area contributed by atoms with Gasteiger partial charge in [-0.1, -0.05) is 133 Å². The Morgan fingerprint density at radius 1 is 0.643 bits per heavy atom. The number of halogens is 1. The number of imidazole rings is 1. The van der Waals surface area contributed by atoms with E-state index >= 15 is 4.39 Å². The third-order valence-electron chi connectivity index (χ3n) is 13.4. The van der Waals surface area contributed by atoms with Crippen LogP contribution in [0.2, 0.25) is 0 Å². The minimum atomic E-state index is -1.85. The zero-order chi connectivity index (χ0) is 48.6. The number of methoxy groups -OCH3 is 3. The molecule has 0 unspecified atom stereocenters. The summed E-state index contributed by atoms with van der Waals surface area (Å²) in [6, 6.07) is 53.1. The van der Waals surface area contributed by atoms with E-state index in [9.17, 15) is 0 Å². The fourth-order valence-corrected chi connectivity index (χ4v) is 10.1. The maximum absolute atomic E-state index is 16.7. The van der Waals surface area contributed by atoms with Crippen molar-refractivity contribution in [3.8, 4) is 29.6 Å². The Kier molecular flexibility index (Phi) is 12.1. The molecule has 2 aliphatic heterocycles. The van der Waals surface area contributed by atoms with Crippen molar-refractivity contribution in [2.75, 3.05) is 39.9 Å². The van der Waals surface area contributed by atoms with Crippen LogP contribution in [0.15, 0.2) is 176 Å². The molecule has 0 saturated carbocycles. The summed E-state index contributed by atoms with van der Waals surface area (Å²) >= 11 is 0. The number of benzene rings is 6. The lowest BCUT2D eigenvalue weighted by Gasteiger charge is -2.40. The molecule has 4 atom stereocenters. The smallest absolute Gasteiger partial charge is 0.205 e. The average Bonchev–Trinajstić information content (AvgIpc) is 4.06. The Labute approximate surface area is 406 Å². The van der Waals surface area contributed by atoms with Gasteiger partial charge in [0, 0.05) is 0 Å². The molecule has 0 amide bonds. The summed E-state index contributed by atoms with van der Waals surface area (Å²) in [6.07, 6.45) is 7.18. The van der Waals surface area contributed by atoms with Crippen LogP contribution < -0.4 is 19.5 Å². The Bertz CT molecular complexity index is 3030. The predicted molar refractivity (Wildman–Crippen MR) is 263 cm³/mol. The lowest BCUT2D eigenvalue weighted by molar-refractivity contribution is -0.243. The molecule has 1 N–H and O–H groups in total. The van der Waals surface area contributed by atoms with E-state index in [-0.39, 0.29) is 6.61 Å². The number of anilines is 1. The molecular weight excluding hydrogens is 886 g/mol. The lowest BCUT2D eigenvalue weighted by atomic mass is 9.77. The fourth-order valence-electron chi connectivity index (χ4n) is 10.1. The molecule has 0 bridgehead atoms. The van der Waals surface area contributed by atoms with Crippen molar-refractivity contribution < 1.29 is 37.5 Å². The number of rotatable bonds is 16. The number of hydrogen-bond acceptors (Lipinski definition) is 11. The van der Waals surface area contributed by atoms with Crippen LogP contribution >= 0.6 is 0 Å². The fraction of sp³-hybridized carbons (Fsp3) is 0.246. The van der Waals surface area contributed by atoms with Crippen LogP contribution in [-0.2, 0) is 30.1 Å². The molecule has 0 spiro atoms. The predicted octanol–water partition coefficient (Wildman–Crippen LogP) is 10.0. The number of ether oxygens (including phenoxy) is 7. The monoisotopic (exact) mass is 937 g/mol. The van der Waals surface area contributed by atoms with Gasteiger partial charge in [0.1, 0.15) is 47.5 Å². The van der Waals surface area contributed by atoms with Crippen LogP contribution in [0.1, 0.15) is 53.5 Å². The minimum absolute atomic E-state index is 0.347. The first-order valence-corrected chi connectivity index (χ1v) is 22.9. The maximum atomic E-state index is 16.7. The SMILES string of the molecule is C#C[C@@]12OC(C)(C)O[C@@H]1[C@@](CF)(COC(c1ccccc1)(c1ccc(OC)cc1)c1ccc(OC)cc1)O[C@H]2n1cnc2c(NC(c3ccccc3)(c3ccccc3)c3ccc(OC)cc3)ncnc21. The average molecular weight is 938 g/mol. The Hall–Kier alpha value is -7.60. The number of alkyl halides is 1. The number of nitrogens with zero attached hydrogens (tertiary/aromatic N) is 4. The minimum Gasteiger partial charge on any atom is -0.497 e. The normalized spacial score (nSPS) is 20.6. The summed E-state index contributed by atoms with van der Waals surface area (Å²) in [7, 11) is 4.86. The summed E-state index contributed by atoms with van der Waals surface area (Å²) in [5, 5.41) is 3.83. The van der Waals surface area contributed by atoms with E-state index in [1.807, 2.05) is 140 Å². The third kappa shape index (κ3) is 7.60. The molecule has 2 aliphatic rings. The van der Waals surface area contributed by atoms with Crippen molar-refractivity contribution in [1.82, 2.24) is 19.5 Å². The molecule has 13 heteroatoms. The number of aromatic nitrogens is 4.